The van der Waals surface area contributed by atoms with Crippen molar-refractivity contribution < 1.29 is 14.3 Å². The summed E-state index contributed by atoms with van der Waals surface area (Å²) in [5.74, 6) is 1.79. The monoisotopic (exact) mass is 322 g/mol. The highest BCUT2D eigenvalue weighted by Crippen LogP contribution is 2.27. The Hall–Kier alpha value is -2.44. The van der Waals surface area contributed by atoms with Gasteiger partial charge in [-0.25, -0.2) is 0 Å². The molecule has 7 heteroatoms. The van der Waals surface area contributed by atoms with Crippen LogP contribution in [0.4, 0.5) is 0 Å². The Morgan fingerprint density at radius 3 is 2.57 bits per heavy atom. The number of nitrogens with two attached hydrogens (primary N) is 1. The van der Waals surface area contributed by atoms with Crippen LogP contribution in [0.2, 0.25) is 0 Å². The van der Waals surface area contributed by atoms with E-state index >= 15 is 0 Å². The first-order chi connectivity index (χ1) is 11.0. The molecule has 0 unspecified atom stereocenters. The normalized spacial score (nSPS) is 11.0. The summed E-state index contributed by atoms with van der Waals surface area (Å²) in [6.45, 7) is 1.03. The molecule has 0 aliphatic carbocycles. The zero-order chi connectivity index (χ0) is 17.2. The van der Waals surface area contributed by atoms with Crippen molar-refractivity contribution in [2.75, 3.05) is 41.4 Å². The summed E-state index contributed by atoms with van der Waals surface area (Å²) in [4.78, 5) is 17.1. The first kappa shape index (κ1) is 18.6. The highest BCUT2D eigenvalue weighted by Gasteiger charge is 2.05. The van der Waals surface area contributed by atoms with E-state index in [0.29, 0.717) is 37.0 Å². The molecule has 1 aromatic carbocycles. The lowest BCUT2D eigenvalue weighted by molar-refractivity contribution is -0.128. The molecule has 3 N–H and O–H groups in total. The maximum Gasteiger partial charge on any atom is 0.223 e. The smallest absolute Gasteiger partial charge is 0.223 e. The van der Waals surface area contributed by atoms with E-state index in [2.05, 4.69) is 10.3 Å². The molecule has 0 atom stereocenters. The number of nitrogens with zero attached hydrogens (tertiary/aromatic N) is 2. The zero-order valence-electron chi connectivity index (χ0n) is 14.3. The van der Waals surface area contributed by atoms with Gasteiger partial charge in [-0.3, -0.25) is 9.79 Å². The van der Waals surface area contributed by atoms with Gasteiger partial charge in [-0.2, -0.15) is 0 Å². The Balaban J connectivity index is 2.40. The van der Waals surface area contributed by atoms with Gasteiger partial charge in [-0.1, -0.05) is 6.07 Å². The zero-order valence-corrected chi connectivity index (χ0v) is 14.3. The van der Waals surface area contributed by atoms with Gasteiger partial charge in [0, 0.05) is 27.1 Å². The lowest BCUT2D eigenvalue weighted by Gasteiger charge is -2.10. The van der Waals surface area contributed by atoms with Crippen LogP contribution in [0, 0.1) is 0 Å². The number of nitrogens with one attached hydrogen (secondary N) is 1. The molecule has 0 aliphatic heterocycles. The van der Waals surface area contributed by atoms with E-state index < -0.39 is 0 Å². The van der Waals surface area contributed by atoms with Crippen LogP contribution in [-0.4, -0.2) is 58.2 Å². The fourth-order valence-electron chi connectivity index (χ4n) is 1.92. The van der Waals surface area contributed by atoms with E-state index in [1.807, 2.05) is 18.2 Å². The third-order valence-corrected chi connectivity index (χ3v) is 3.27. The first-order valence-electron chi connectivity index (χ1n) is 7.42. The number of rotatable bonds is 8. The predicted octanol–water partition coefficient (Wildman–Crippen LogP) is 0.629. The second kappa shape index (κ2) is 9.55. The number of guanidine groups is 1. The average molecular weight is 322 g/mol. The van der Waals surface area contributed by atoms with E-state index in [1.54, 1.807) is 28.3 Å². The number of ether oxygens (including phenoxy) is 2. The lowest BCUT2D eigenvalue weighted by Crippen LogP contribution is -2.33. The maximum atomic E-state index is 11.4. The van der Waals surface area contributed by atoms with Gasteiger partial charge >= 0.3 is 0 Å². The van der Waals surface area contributed by atoms with Gasteiger partial charge in [-0.05, 0) is 24.1 Å². The van der Waals surface area contributed by atoms with E-state index in [4.69, 9.17) is 15.2 Å². The summed E-state index contributed by atoms with van der Waals surface area (Å²) in [6, 6.07) is 5.79. The molecule has 1 rings (SSSR count). The van der Waals surface area contributed by atoms with Gasteiger partial charge in [0.15, 0.2) is 17.5 Å². The fraction of sp³-hybridized carbons (Fsp3) is 0.500. The molecule has 23 heavy (non-hydrogen) atoms. The van der Waals surface area contributed by atoms with Crippen LogP contribution in [0.5, 0.6) is 11.5 Å². The van der Waals surface area contributed by atoms with Crippen molar-refractivity contribution in [1.82, 2.24) is 10.2 Å². The molecule has 7 nitrogen and oxygen atoms in total. The van der Waals surface area contributed by atoms with Crippen LogP contribution in [0.3, 0.4) is 0 Å². The molecule has 0 fully saturated rings. The van der Waals surface area contributed by atoms with Crippen LogP contribution >= 0.6 is 0 Å². The minimum absolute atomic E-state index is 0.0341. The molecule has 0 bridgehead atoms. The highest BCUT2D eigenvalue weighted by atomic mass is 16.5. The fourth-order valence-corrected chi connectivity index (χ4v) is 1.92. The number of benzene rings is 1. The summed E-state index contributed by atoms with van der Waals surface area (Å²) in [6.07, 6.45) is 1.12. The van der Waals surface area contributed by atoms with E-state index in [0.717, 1.165) is 12.0 Å². The molecule has 0 aromatic heterocycles. The molecule has 0 aliphatic rings. The number of hydrogen-bond donors (Lipinski definition) is 2. The van der Waals surface area contributed by atoms with E-state index in [9.17, 15) is 4.79 Å². The second-order valence-electron chi connectivity index (χ2n) is 5.17. The molecule has 0 saturated carbocycles. The Labute approximate surface area is 137 Å². The minimum atomic E-state index is 0.0341. The highest BCUT2D eigenvalue weighted by molar-refractivity contribution is 5.79. The molecular weight excluding hydrogens is 296 g/mol. The Morgan fingerprint density at radius 2 is 1.96 bits per heavy atom. The Morgan fingerprint density at radius 1 is 1.26 bits per heavy atom. The summed E-state index contributed by atoms with van der Waals surface area (Å²) in [7, 11) is 6.66. The van der Waals surface area contributed by atoms with Gasteiger partial charge in [0.1, 0.15) is 0 Å². The largest absolute Gasteiger partial charge is 0.493 e. The Bertz CT molecular complexity index is 544. The van der Waals surface area contributed by atoms with Crippen molar-refractivity contribution >= 4 is 11.9 Å². The van der Waals surface area contributed by atoms with Crippen molar-refractivity contribution in [3.05, 3.63) is 23.8 Å². The van der Waals surface area contributed by atoms with Crippen LogP contribution in [0.25, 0.3) is 0 Å². The number of aliphatic imine (C=N–C) groups is 1. The molecular formula is C16H26N4O3. The van der Waals surface area contributed by atoms with Crippen molar-refractivity contribution in [3.63, 3.8) is 0 Å². The topological polar surface area (TPSA) is 89.2 Å². The Kier molecular flexibility index (Phi) is 7.73. The molecule has 0 saturated heterocycles. The van der Waals surface area contributed by atoms with Crippen LogP contribution < -0.4 is 20.5 Å². The van der Waals surface area contributed by atoms with Gasteiger partial charge < -0.3 is 25.4 Å². The molecule has 0 spiro atoms. The third kappa shape index (κ3) is 6.46. The predicted molar refractivity (Wildman–Crippen MR) is 91.1 cm³/mol. The quantitative estimate of drug-likeness (QED) is 0.541. The van der Waals surface area contributed by atoms with E-state index in [-0.39, 0.29) is 5.91 Å². The lowest BCUT2D eigenvalue weighted by atomic mass is 10.1. The number of hydrogen-bond acceptors (Lipinski definition) is 4. The van der Waals surface area contributed by atoms with Crippen molar-refractivity contribution in [3.8, 4) is 11.5 Å². The second-order valence-corrected chi connectivity index (χ2v) is 5.17. The first-order valence-corrected chi connectivity index (χ1v) is 7.42. The molecule has 0 radical (unpaired) electrons. The van der Waals surface area contributed by atoms with Crippen LogP contribution in [-0.2, 0) is 11.2 Å². The number of carbonyl (C=O) groups is 1. The number of carbonyl (C=O) groups excluding carboxylic acids is 1. The summed E-state index contributed by atoms with van der Waals surface area (Å²) in [5, 5.41) is 3.03. The number of amides is 1. The SMILES string of the molecule is COc1ccc(CCNC(N)=NCCC(=O)N(C)C)cc1OC. The molecule has 0 heterocycles. The van der Waals surface area contributed by atoms with Gasteiger partial charge in [0.05, 0.1) is 20.8 Å². The van der Waals surface area contributed by atoms with Crippen molar-refractivity contribution in [2.24, 2.45) is 10.7 Å². The maximum absolute atomic E-state index is 11.4. The van der Waals surface area contributed by atoms with Crippen LogP contribution in [0.15, 0.2) is 23.2 Å². The summed E-state index contributed by atoms with van der Waals surface area (Å²) < 4.78 is 10.5. The third-order valence-electron chi connectivity index (χ3n) is 3.27. The average Bonchev–Trinajstić information content (AvgIpc) is 2.54. The molecule has 1 aromatic rings. The number of methoxy groups -OCH3 is 2. The summed E-state index contributed by atoms with van der Waals surface area (Å²) >= 11 is 0. The minimum Gasteiger partial charge on any atom is -0.493 e. The van der Waals surface area contributed by atoms with Crippen molar-refractivity contribution in [2.45, 2.75) is 12.8 Å². The van der Waals surface area contributed by atoms with Crippen molar-refractivity contribution in [1.29, 1.82) is 0 Å². The van der Waals surface area contributed by atoms with Crippen LogP contribution in [0.1, 0.15) is 12.0 Å². The van der Waals surface area contributed by atoms with Gasteiger partial charge in [0.2, 0.25) is 5.91 Å². The standard InChI is InChI=1S/C16H26N4O3/c1-20(2)15(21)8-10-19-16(17)18-9-7-12-5-6-13(22-3)14(11-12)23-4/h5-6,11H,7-10H2,1-4H3,(H3,17,18,19). The molecule has 128 valence electrons. The van der Waals surface area contributed by atoms with E-state index in [1.165, 1.54) is 4.90 Å². The summed E-state index contributed by atoms with van der Waals surface area (Å²) in [5.41, 5.74) is 6.87. The molecule has 1 amide bonds. The van der Waals surface area contributed by atoms with Gasteiger partial charge in [-0.15, -0.1) is 0 Å². The van der Waals surface area contributed by atoms with Gasteiger partial charge in [0.25, 0.3) is 0 Å².